The minimum absolute atomic E-state index is 0.118. The molecule has 0 fully saturated rings. The van der Waals surface area contributed by atoms with Crippen molar-refractivity contribution in [3.63, 3.8) is 0 Å². The number of carbonyl (C=O) groups is 2. The smallest absolute Gasteiger partial charge is 0.338 e. The van der Waals surface area contributed by atoms with Crippen molar-refractivity contribution in [2.75, 3.05) is 13.2 Å². The first-order valence-corrected chi connectivity index (χ1v) is 10.4. The standard InChI is InChI=1S/C24H21ClN2O5/c1-2-32-24(29)20-8-5-18(22(15-20)27(30)31)13-14-26-23(28)19-6-3-16(4-7-19)17-9-11-21(25)12-10-17/h3-12,15H,2,13-14H2,1H3,(H,26,28). The first kappa shape index (κ1) is 23.0. The van der Waals surface area contributed by atoms with Gasteiger partial charge in [0.15, 0.2) is 0 Å². The second-order valence-corrected chi connectivity index (χ2v) is 7.35. The van der Waals surface area contributed by atoms with Crippen LogP contribution in [0.1, 0.15) is 33.2 Å². The normalized spacial score (nSPS) is 10.4. The van der Waals surface area contributed by atoms with Gasteiger partial charge in [0.2, 0.25) is 0 Å². The number of nitro benzene ring substituents is 1. The SMILES string of the molecule is CCOC(=O)c1ccc(CCNC(=O)c2ccc(-c3ccc(Cl)cc3)cc2)c([N+](=O)[O-])c1. The van der Waals surface area contributed by atoms with Crippen molar-refractivity contribution in [1.29, 1.82) is 0 Å². The van der Waals surface area contributed by atoms with Crippen molar-refractivity contribution in [3.05, 3.63) is 98.6 Å². The van der Waals surface area contributed by atoms with Gasteiger partial charge in [-0.1, -0.05) is 41.9 Å². The molecular weight excluding hydrogens is 432 g/mol. The molecule has 7 nitrogen and oxygen atoms in total. The lowest BCUT2D eigenvalue weighted by molar-refractivity contribution is -0.385. The zero-order valence-corrected chi connectivity index (χ0v) is 18.1. The van der Waals surface area contributed by atoms with Crippen LogP contribution in [-0.2, 0) is 11.2 Å². The minimum atomic E-state index is -0.613. The quantitative estimate of drug-likeness (QED) is 0.292. The highest BCUT2D eigenvalue weighted by molar-refractivity contribution is 6.30. The van der Waals surface area contributed by atoms with E-state index < -0.39 is 10.9 Å². The molecule has 164 valence electrons. The van der Waals surface area contributed by atoms with E-state index in [9.17, 15) is 19.7 Å². The summed E-state index contributed by atoms with van der Waals surface area (Å²) in [6.07, 6.45) is 0.244. The van der Waals surface area contributed by atoms with E-state index in [0.717, 1.165) is 11.1 Å². The fraction of sp³-hybridized carbons (Fsp3) is 0.167. The Hall–Kier alpha value is -3.71. The van der Waals surface area contributed by atoms with E-state index in [-0.39, 0.29) is 36.7 Å². The molecule has 32 heavy (non-hydrogen) atoms. The highest BCUT2D eigenvalue weighted by Crippen LogP contribution is 2.23. The van der Waals surface area contributed by atoms with Crippen molar-refractivity contribution >= 4 is 29.2 Å². The molecule has 0 atom stereocenters. The lowest BCUT2D eigenvalue weighted by atomic mass is 10.0. The fourth-order valence-electron chi connectivity index (χ4n) is 3.16. The number of benzene rings is 3. The summed E-state index contributed by atoms with van der Waals surface area (Å²) in [4.78, 5) is 35.1. The van der Waals surface area contributed by atoms with Gasteiger partial charge in [-0.3, -0.25) is 14.9 Å². The van der Waals surface area contributed by atoms with Crippen molar-refractivity contribution in [2.24, 2.45) is 0 Å². The Morgan fingerprint density at radius 3 is 2.16 bits per heavy atom. The third kappa shape index (κ3) is 5.70. The number of hydrogen-bond donors (Lipinski definition) is 1. The van der Waals surface area contributed by atoms with Gasteiger partial charge in [-0.15, -0.1) is 0 Å². The van der Waals surface area contributed by atoms with Crippen LogP contribution in [-0.4, -0.2) is 30.0 Å². The second kappa shape index (κ2) is 10.5. The monoisotopic (exact) mass is 452 g/mol. The van der Waals surface area contributed by atoms with E-state index in [1.807, 2.05) is 24.3 Å². The third-order valence-electron chi connectivity index (χ3n) is 4.80. The van der Waals surface area contributed by atoms with Gasteiger partial charge in [-0.05, 0) is 54.8 Å². The van der Waals surface area contributed by atoms with Gasteiger partial charge in [0, 0.05) is 28.8 Å². The number of nitro groups is 1. The summed E-state index contributed by atoms with van der Waals surface area (Å²) in [6.45, 7) is 2.05. The molecule has 1 amide bonds. The van der Waals surface area contributed by atoms with Crippen molar-refractivity contribution < 1.29 is 19.2 Å². The van der Waals surface area contributed by atoms with E-state index in [1.165, 1.54) is 18.2 Å². The van der Waals surface area contributed by atoms with Crippen LogP contribution >= 0.6 is 11.6 Å². The van der Waals surface area contributed by atoms with Crippen molar-refractivity contribution in [1.82, 2.24) is 5.32 Å². The molecule has 0 bridgehead atoms. The topological polar surface area (TPSA) is 98.5 Å². The number of nitrogens with zero attached hydrogens (tertiary/aromatic N) is 1. The molecule has 0 unspecified atom stereocenters. The van der Waals surface area contributed by atoms with E-state index in [1.54, 1.807) is 31.2 Å². The molecule has 0 aromatic heterocycles. The summed E-state index contributed by atoms with van der Waals surface area (Å²) in [5, 5.41) is 14.8. The Labute approximate surface area is 190 Å². The molecule has 0 aliphatic heterocycles. The van der Waals surface area contributed by atoms with Gasteiger partial charge in [-0.25, -0.2) is 4.79 Å². The zero-order chi connectivity index (χ0) is 23.1. The van der Waals surface area contributed by atoms with E-state index >= 15 is 0 Å². The van der Waals surface area contributed by atoms with Crippen LogP contribution in [0.4, 0.5) is 5.69 Å². The van der Waals surface area contributed by atoms with Crippen LogP contribution in [0.5, 0.6) is 0 Å². The number of halogens is 1. The van der Waals surface area contributed by atoms with Crippen LogP contribution < -0.4 is 5.32 Å². The molecule has 0 aliphatic rings. The number of carbonyl (C=O) groups excluding carboxylic acids is 2. The van der Waals surface area contributed by atoms with Crippen LogP contribution in [0, 0.1) is 10.1 Å². The number of esters is 1. The Balaban J connectivity index is 1.62. The van der Waals surface area contributed by atoms with Crippen LogP contribution in [0.15, 0.2) is 66.7 Å². The maximum atomic E-state index is 12.4. The van der Waals surface area contributed by atoms with Gasteiger partial charge in [-0.2, -0.15) is 0 Å². The third-order valence-corrected chi connectivity index (χ3v) is 5.05. The maximum Gasteiger partial charge on any atom is 0.338 e. The fourth-order valence-corrected chi connectivity index (χ4v) is 3.28. The predicted molar refractivity (Wildman–Crippen MR) is 122 cm³/mol. The average Bonchev–Trinajstić information content (AvgIpc) is 2.80. The number of ether oxygens (including phenoxy) is 1. The number of hydrogen-bond acceptors (Lipinski definition) is 5. The summed E-state index contributed by atoms with van der Waals surface area (Å²) < 4.78 is 4.88. The van der Waals surface area contributed by atoms with Gasteiger partial charge in [0.25, 0.3) is 11.6 Å². The molecule has 8 heteroatoms. The summed E-state index contributed by atoms with van der Waals surface area (Å²) in [5.74, 6) is -0.893. The second-order valence-electron chi connectivity index (χ2n) is 6.91. The Morgan fingerprint density at radius 2 is 1.56 bits per heavy atom. The largest absolute Gasteiger partial charge is 0.462 e. The minimum Gasteiger partial charge on any atom is -0.462 e. The van der Waals surface area contributed by atoms with Gasteiger partial charge >= 0.3 is 5.97 Å². The Kier molecular flexibility index (Phi) is 7.57. The summed E-state index contributed by atoms with van der Waals surface area (Å²) in [5.41, 5.74) is 2.77. The molecule has 1 N–H and O–H groups in total. The predicted octanol–water partition coefficient (Wildman–Crippen LogP) is 5.06. The van der Waals surface area contributed by atoms with Crippen molar-refractivity contribution in [3.8, 4) is 11.1 Å². The molecule has 3 aromatic carbocycles. The van der Waals surface area contributed by atoms with E-state index in [2.05, 4.69) is 5.32 Å². The molecule has 0 spiro atoms. The zero-order valence-electron chi connectivity index (χ0n) is 17.3. The van der Waals surface area contributed by atoms with Crippen molar-refractivity contribution in [2.45, 2.75) is 13.3 Å². The van der Waals surface area contributed by atoms with E-state index in [4.69, 9.17) is 16.3 Å². The first-order chi connectivity index (χ1) is 15.4. The van der Waals surface area contributed by atoms with Gasteiger partial charge in [0.1, 0.15) is 0 Å². The molecule has 0 heterocycles. The molecular formula is C24H21ClN2O5. The molecule has 0 saturated heterocycles. The summed E-state index contributed by atoms with van der Waals surface area (Å²) >= 11 is 5.91. The van der Waals surface area contributed by atoms with Crippen LogP contribution in [0.3, 0.4) is 0 Å². The van der Waals surface area contributed by atoms with Crippen LogP contribution in [0.2, 0.25) is 5.02 Å². The Bertz CT molecular complexity index is 1130. The van der Waals surface area contributed by atoms with Gasteiger partial charge < -0.3 is 10.1 Å². The van der Waals surface area contributed by atoms with Gasteiger partial charge in [0.05, 0.1) is 17.1 Å². The summed E-state index contributed by atoms with van der Waals surface area (Å²) in [6, 6.07) is 18.7. The molecule has 0 radical (unpaired) electrons. The van der Waals surface area contributed by atoms with Crippen LogP contribution in [0.25, 0.3) is 11.1 Å². The number of amides is 1. The van der Waals surface area contributed by atoms with E-state index in [0.29, 0.717) is 16.1 Å². The first-order valence-electron chi connectivity index (χ1n) is 9.97. The lowest BCUT2D eigenvalue weighted by Crippen LogP contribution is -2.25. The molecule has 3 aromatic rings. The molecule has 3 rings (SSSR count). The highest BCUT2D eigenvalue weighted by Gasteiger charge is 2.18. The number of nitrogens with one attached hydrogen (secondary N) is 1. The summed E-state index contributed by atoms with van der Waals surface area (Å²) in [7, 11) is 0. The maximum absolute atomic E-state index is 12.4. The molecule has 0 aliphatic carbocycles. The highest BCUT2D eigenvalue weighted by atomic mass is 35.5. The average molecular weight is 453 g/mol. The molecule has 0 saturated carbocycles. The Morgan fingerprint density at radius 1 is 0.969 bits per heavy atom. The number of rotatable bonds is 8. The lowest BCUT2D eigenvalue weighted by Gasteiger charge is -2.08.